The van der Waals surface area contributed by atoms with E-state index in [1.165, 1.54) is 0 Å². The molecule has 0 aromatic rings. The number of carbonyl (C=O) groups is 2. The molecule has 1 spiro atoms. The molecule has 24 heavy (non-hydrogen) atoms. The Morgan fingerprint density at radius 1 is 1.46 bits per heavy atom. The molecule has 2 aliphatic carbocycles. The highest BCUT2D eigenvalue weighted by atomic mass is 16.5. The van der Waals surface area contributed by atoms with Gasteiger partial charge in [0.2, 0.25) is 0 Å². The Balaban J connectivity index is 1.82. The lowest BCUT2D eigenvalue weighted by atomic mass is 9.46. The second-order valence-electron chi connectivity index (χ2n) is 8.67. The number of rotatable bonds is 5. The second kappa shape index (κ2) is 6.20. The fourth-order valence-corrected chi connectivity index (χ4v) is 5.67. The highest BCUT2D eigenvalue weighted by Crippen LogP contribution is 2.63. The van der Waals surface area contributed by atoms with Crippen LogP contribution in [0, 0.1) is 28.6 Å². The van der Waals surface area contributed by atoms with Gasteiger partial charge >= 0.3 is 11.9 Å². The summed E-state index contributed by atoms with van der Waals surface area (Å²) in [6, 6.07) is 0. The lowest BCUT2D eigenvalue weighted by Gasteiger charge is -2.56. The fraction of sp³-hybridized carbons (Fsp3) is 0.800. The number of carbonyl (C=O) groups excluding carboxylic acids is 1. The van der Waals surface area contributed by atoms with Crippen molar-refractivity contribution in [3.8, 4) is 0 Å². The van der Waals surface area contributed by atoms with E-state index in [1.54, 1.807) is 0 Å². The van der Waals surface area contributed by atoms with E-state index in [9.17, 15) is 9.59 Å². The van der Waals surface area contributed by atoms with Gasteiger partial charge in [0.15, 0.2) is 0 Å². The van der Waals surface area contributed by atoms with Crippen LogP contribution in [0.3, 0.4) is 0 Å². The van der Waals surface area contributed by atoms with Gasteiger partial charge in [-0.1, -0.05) is 26.8 Å². The second-order valence-corrected chi connectivity index (χ2v) is 8.67. The molecule has 0 aromatic carbocycles. The minimum Gasteiger partial charge on any atom is -0.481 e. The van der Waals surface area contributed by atoms with Gasteiger partial charge in [-0.05, 0) is 61.7 Å². The molecule has 3 aliphatic rings. The van der Waals surface area contributed by atoms with Crippen molar-refractivity contribution in [3.63, 3.8) is 0 Å². The van der Waals surface area contributed by atoms with Gasteiger partial charge in [-0.2, -0.15) is 0 Å². The number of aliphatic carboxylic acids is 1. The molecule has 0 amide bonds. The summed E-state index contributed by atoms with van der Waals surface area (Å²) >= 11 is 0. The minimum atomic E-state index is -0.710. The zero-order valence-electron chi connectivity index (χ0n) is 15.1. The van der Waals surface area contributed by atoms with E-state index < -0.39 is 5.97 Å². The number of ether oxygens (including phenoxy) is 1. The molecule has 1 N–H and O–H groups in total. The number of hydrogen-bond acceptors (Lipinski definition) is 3. The maximum absolute atomic E-state index is 12.2. The van der Waals surface area contributed by atoms with E-state index in [2.05, 4.69) is 19.9 Å². The summed E-state index contributed by atoms with van der Waals surface area (Å²) in [4.78, 5) is 23.1. The Morgan fingerprint density at radius 3 is 2.92 bits per heavy atom. The van der Waals surface area contributed by atoms with Crippen molar-refractivity contribution < 1.29 is 19.4 Å². The average Bonchev–Trinajstić information content (AvgIpc) is 2.86. The molecule has 134 valence electrons. The first-order chi connectivity index (χ1) is 11.3. The van der Waals surface area contributed by atoms with Gasteiger partial charge in [-0.15, -0.1) is 0 Å². The molecule has 0 aromatic heterocycles. The number of esters is 1. The van der Waals surface area contributed by atoms with Gasteiger partial charge in [-0.3, -0.25) is 4.79 Å². The van der Waals surface area contributed by atoms with Crippen molar-refractivity contribution >= 4 is 11.9 Å². The van der Waals surface area contributed by atoms with Crippen molar-refractivity contribution in [1.29, 1.82) is 0 Å². The molecular weight excluding hydrogens is 304 g/mol. The first-order valence-electron chi connectivity index (χ1n) is 9.39. The molecule has 1 heterocycles. The molecule has 3 rings (SSSR count). The number of cyclic esters (lactones) is 1. The van der Waals surface area contributed by atoms with E-state index in [1.807, 2.05) is 6.92 Å². The van der Waals surface area contributed by atoms with Crippen LogP contribution in [0.4, 0.5) is 0 Å². The van der Waals surface area contributed by atoms with Crippen LogP contribution in [0.2, 0.25) is 0 Å². The van der Waals surface area contributed by atoms with Gasteiger partial charge in [0, 0.05) is 17.4 Å². The van der Waals surface area contributed by atoms with Crippen molar-refractivity contribution in [1.82, 2.24) is 0 Å². The SMILES string of the molecule is CC(CCC1(C)C(C)CCC23COC(=O)C2=CCCC31)CC(=O)O. The first-order valence-corrected chi connectivity index (χ1v) is 9.39. The molecule has 0 bridgehead atoms. The van der Waals surface area contributed by atoms with Crippen LogP contribution >= 0.6 is 0 Å². The third-order valence-corrected chi connectivity index (χ3v) is 7.33. The largest absolute Gasteiger partial charge is 0.481 e. The minimum absolute atomic E-state index is 0.0768. The van der Waals surface area contributed by atoms with Crippen molar-refractivity contribution in [2.24, 2.45) is 28.6 Å². The summed E-state index contributed by atoms with van der Waals surface area (Å²) in [6.07, 6.45) is 8.59. The van der Waals surface area contributed by atoms with Crippen molar-refractivity contribution in [2.45, 2.75) is 65.7 Å². The third-order valence-electron chi connectivity index (χ3n) is 7.33. The average molecular weight is 334 g/mol. The molecule has 4 nitrogen and oxygen atoms in total. The highest BCUT2D eigenvalue weighted by molar-refractivity contribution is 5.92. The van der Waals surface area contributed by atoms with E-state index in [0.29, 0.717) is 18.4 Å². The van der Waals surface area contributed by atoms with Gasteiger partial charge < -0.3 is 9.84 Å². The van der Waals surface area contributed by atoms with E-state index in [0.717, 1.165) is 44.1 Å². The van der Waals surface area contributed by atoms with Gasteiger partial charge in [0.1, 0.15) is 6.61 Å². The summed E-state index contributed by atoms with van der Waals surface area (Å²) in [6.45, 7) is 7.30. The maximum Gasteiger partial charge on any atom is 0.334 e. The number of carboxylic acids is 1. The number of allylic oxidation sites excluding steroid dienone is 1. The monoisotopic (exact) mass is 334 g/mol. The maximum atomic E-state index is 12.2. The van der Waals surface area contributed by atoms with Crippen molar-refractivity contribution in [2.75, 3.05) is 6.61 Å². The fourth-order valence-electron chi connectivity index (χ4n) is 5.67. The van der Waals surface area contributed by atoms with Crippen LogP contribution in [0.15, 0.2) is 11.6 Å². The molecule has 1 aliphatic heterocycles. The number of carboxylic acid groups (broad SMARTS) is 1. The molecular formula is C20H30O4. The Labute approximate surface area is 144 Å². The van der Waals surface area contributed by atoms with Crippen LogP contribution in [0.5, 0.6) is 0 Å². The molecule has 5 unspecified atom stereocenters. The smallest absolute Gasteiger partial charge is 0.334 e. The molecule has 0 radical (unpaired) electrons. The zero-order valence-corrected chi connectivity index (χ0v) is 15.1. The Morgan fingerprint density at radius 2 is 2.21 bits per heavy atom. The van der Waals surface area contributed by atoms with E-state index in [-0.39, 0.29) is 29.1 Å². The standard InChI is InChI=1S/C20H30O4/c1-13(11-17(21)22)7-9-19(3)14(2)8-10-20-12-24-18(23)15(20)5-4-6-16(19)20/h5,13-14,16H,4,6-12H2,1-3H3,(H,21,22). The van der Waals surface area contributed by atoms with Gasteiger partial charge in [-0.25, -0.2) is 4.79 Å². The summed E-state index contributed by atoms with van der Waals surface area (Å²) in [5, 5.41) is 9.01. The molecule has 2 fully saturated rings. The van der Waals surface area contributed by atoms with Crippen molar-refractivity contribution in [3.05, 3.63) is 11.6 Å². The molecule has 1 saturated heterocycles. The lowest BCUT2D eigenvalue weighted by molar-refractivity contribution is -0.138. The van der Waals surface area contributed by atoms with E-state index >= 15 is 0 Å². The van der Waals surface area contributed by atoms with Crippen LogP contribution in [-0.4, -0.2) is 23.7 Å². The summed E-state index contributed by atoms with van der Waals surface area (Å²) in [5.74, 6) is 0.455. The Hall–Kier alpha value is -1.32. The summed E-state index contributed by atoms with van der Waals surface area (Å²) < 4.78 is 5.48. The molecule has 5 atom stereocenters. The predicted octanol–water partition coefficient (Wildman–Crippen LogP) is 4.19. The quantitative estimate of drug-likeness (QED) is 0.766. The van der Waals surface area contributed by atoms with Crippen LogP contribution in [0.1, 0.15) is 65.7 Å². The first kappa shape index (κ1) is 17.5. The predicted molar refractivity (Wildman–Crippen MR) is 91.4 cm³/mol. The topological polar surface area (TPSA) is 63.6 Å². The third kappa shape index (κ3) is 2.68. The van der Waals surface area contributed by atoms with E-state index in [4.69, 9.17) is 9.84 Å². The Bertz CT molecular complexity index is 566. The molecule has 4 heteroatoms. The summed E-state index contributed by atoms with van der Waals surface area (Å²) in [5.41, 5.74) is 1.01. The van der Waals surface area contributed by atoms with Crippen LogP contribution < -0.4 is 0 Å². The Kier molecular flexibility index (Phi) is 4.52. The summed E-state index contributed by atoms with van der Waals surface area (Å²) in [7, 11) is 0. The van der Waals surface area contributed by atoms with Crippen LogP contribution in [-0.2, 0) is 14.3 Å². The highest BCUT2D eigenvalue weighted by Gasteiger charge is 2.60. The molecule has 1 saturated carbocycles. The number of hydrogen-bond donors (Lipinski definition) is 1. The normalized spacial score (nSPS) is 39.5. The van der Waals surface area contributed by atoms with Crippen LogP contribution in [0.25, 0.3) is 0 Å². The van der Waals surface area contributed by atoms with Gasteiger partial charge in [0.25, 0.3) is 0 Å². The lowest BCUT2D eigenvalue weighted by Crippen LogP contribution is -2.51. The van der Waals surface area contributed by atoms with Gasteiger partial charge in [0.05, 0.1) is 0 Å². The zero-order chi connectivity index (χ0) is 17.5.